The van der Waals surface area contributed by atoms with Crippen molar-refractivity contribution in [3.05, 3.63) is 42.2 Å². The summed E-state index contributed by atoms with van der Waals surface area (Å²) in [6, 6.07) is 7.62. The third-order valence-corrected chi connectivity index (χ3v) is 3.78. The predicted octanol–water partition coefficient (Wildman–Crippen LogP) is 1.72. The van der Waals surface area contributed by atoms with Gasteiger partial charge in [0.05, 0.1) is 17.8 Å². The molecule has 0 unspecified atom stereocenters. The fraction of sp³-hybridized carbons (Fsp3) is 0.312. The molecule has 1 atom stereocenters. The van der Waals surface area contributed by atoms with Crippen molar-refractivity contribution in [2.24, 2.45) is 13.0 Å². The molecule has 0 aliphatic carbocycles. The molecule has 1 aromatic carbocycles. The molecular formula is C16H18N4O2. The number of carbonyl (C=O) groups excluding carboxylic acids is 2. The van der Waals surface area contributed by atoms with E-state index in [0.29, 0.717) is 6.54 Å². The zero-order chi connectivity index (χ0) is 15.7. The first-order valence-electron chi connectivity index (χ1n) is 7.19. The molecule has 1 aromatic heterocycles. The highest BCUT2D eigenvalue weighted by atomic mass is 16.2. The molecule has 2 aromatic rings. The average molecular weight is 298 g/mol. The van der Waals surface area contributed by atoms with E-state index >= 15 is 0 Å². The van der Waals surface area contributed by atoms with Crippen LogP contribution in [0.3, 0.4) is 0 Å². The maximum Gasteiger partial charge on any atom is 0.229 e. The highest BCUT2D eigenvalue weighted by Crippen LogP contribution is 2.25. The van der Waals surface area contributed by atoms with E-state index in [2.05, 4.69) is 10.4 Å². The van der Waals surface area contributed by atoms with Gasteiger partial charge in [0.1, 0.15) is 0 Å². The van der Waals surface area contributed by atoms with Crippen LogP contribution in [-0.4, -0.2) is 28.1 Å². The molecule has 2 heterocycles. The van der Waals surface area contributed by atoms with Gasteiger partial charge in [0, 0.05) is 31.9 Å². The second-order valence-electron chi connectivity index (χ2n) is 5.64. The monoisotopic (exact) mass is 298 g/mol. The molecule has 0 spiro atoms. The summed E-state index contributed by atoms with van der Waals surface area (Å²) in [6.07, 6.45) is 3.64. The number of hydrogen-bond acceptors (Lipinski definition) is 3. The lowest BCUT2D eigenvalue weighted by atomic mass is 10.1. The van der Waals surface area contributed by atoms with Crippen LogP contribution in [0, 0.1) is 12.8 Å². The lowest BCUT2D eigenvalue weighted by Gasteiger charge is -2.14. The van der Waals surface area contributed by atoms with Crippen molar-refractivity contribution in [3.8, 4) is 0 Å². The molecular weight excluding hydrogens is 280 g/mol. The van der Waals surface area contributed by atoms with Crippen molar-refractivity contribution in [3.63, 3.8) is 0 Å². The molecule has 1 N–H and O–H groups in total. The Morgan fingerprint density at radius 1 is 1.41 bits per heavy atom. The normalized spacial score (nSPS) is 17.8. The van der Waals surface area contributed by atoms with Crippen molar-refractivity contribution in [1.29, 1.82) is 0 Å². The predicted molar refractivity (Wildman–Crippen MR) is 83.5 cm³/mol. The van der Waals surface area contributed by atoms with Gasteiger partial charge in [-0.15, -0.1) is 0 Å². The Balaban J connectivity index is 1.68. The third-order valence-electron chi connectivity index (χ3n) is 3.78. The second kappa shape index (κ2) is 5.63. The minimum Gasteiger partial charge on any atom is -0.326 e. The molecule has 1 saturated heterocycles. The van der Waals surface area contributed by atoms with Gasteiger partial charge in [-0.3, -0.25) is 14.3 Å². The first-order chi connectivity index (χ1) is 10.5. The number of nitrogens with zero attached hydrogens (tertiary/aromatic N) is 3. The van der Waals surface area contributed by atoms with Crippen LogP contribution < -0.4 is 10.2 Å². The summed E-state index contributed by atoms with van der Waals surface area (Å²) in [6.45, 7) is 2.36. The Bertz CT molecular complexity index is 722. The molecule has 114 valence electrons. The van der Waals surface area contributed by atoms with Gasteiger partial charge in [0.25, 0.3) is 0 Å². The minimum absolute atomic E-state index is 0.0441. The van der Waals surface area contributed by atoms with Gasteiger partial charge < -0.3 is 10.2 Å². The van der Waals surface area contributed by atoms with Crippen LogP contribution in [0.2, 0.25) is 0 Å². The fourth-order valence-electron chi connectivity index (χ4n) is 2.65. The van der Waals surface area contributed by atoms with E-state index < -0.39 is 0 Å². The van der Waals surface area contributed by atoms with Crippen LogP contribution in [0.25, 0.3) is 0 Å². The van der Waals surface area contributed by atoms with Crippen molar-refractivity contribution in [1.82, 2.24) is 9.78 Å². The molecule has 0 bridgehead atoms. The van der Waals surface area contributed by atoms with E-state index in [1.807, 2.05) is 31.2 Å². The SMILES string of the molecule is Cc1cccc(NC(=O)[C@@H]2CC(=O)N(c3cnn(C)c3)C2)c1. The van der Waals surface area contributed by atoms with Crippen LogP contribution >= 0.6 is 0 Å². The van der Waals surface area contributed by atoms with Gasteiger partial charge in [0.2, 0.25) is 11.8 Å². The van der Waals surface area contributed by atoms with E-state index in [1.165, 1.54) is 0 Å². The summed E-state index contributed by atoms with van der Waals surface area (Å²) < 4.78 is 1.64. The van der Waals surface area contributed by atoms with E-state index in [9.17, 15) is 9.59 Å². The summed E-state index contributed by atoms with van der Waals surface area (Å²) >= 11 is 0. The Labute approximate surface area is 128 Å². The number of anilines is 2. The van der Waals surface area contributed by atoms with Gasteiger partial charge in [-0.2, -0.15) is 5.10 Å². The maximum atomic E-state index is 12.3. The number of amides is 2. The highest BCUT2D eigenvalue weighted by Gasteiger charge is 2.35. The van der Waals surface area contributed by atoms with Gasteiger partial charge >= 0.3 is 0 Å². The molecule has 1 aliphatic rings. The zero-order valence-electron chi connectivity index (χ0n) is 12.6. The van der Waals surface area contributed by atoms with Gasteiger partial charge in [0.15, 0.2) is 0 Å². The van der Waals surface area contributed by atoms with Crippen molar-refractivity contribution in [2.75, 3.05) is 16.8 Å². The topological polar surface area (TPSA) is 67.2 Å². The lowest BCUT2D eigenvalue weighted by Crippen LogP contribution is -2.27. The number of nitrogens with one attached hydrogen (secondary N) is 1. The molecule has 6 heteroatoms. The van der Waals surface area contributed by atoms with Crippen LogP contribution in [0.5, 0.6) is 0 Å². The minimum atomic E-state index is -0.340. The number of aromatic nitrogens is 2. The summed E-state index contributed by atoms with van der Waals surface area (Å²) in [7, 11) is 1.80. The van der Waals surface area contributed by atoms with Gasteiger partial charge in [-0.05, 0) is 24.6 Å². The van der Waals surface area contributed by atoms with Gasteiger partial charge in [-0.25, -0.2) is 0 Å². The van der Waals surface area contributed by atoms with E-state index in [1.54, 1.807) is 29.0 Å². The summed E-state index contributed by atoms with van der Waals surface area (Å²) in [5.74, 6) is -0.504. The number of hydrogen-bond donors (Lipinski definition) is 1. The molecule has 1 fully saturated rings. The number of aryl methyl sites for hydroxylation is 2. The number of carbonyl (C=O) groups is 2. The quantitative estimate of drug-likeness (QED) is 0.938. The standard InChI is InChI=1S/C16H18N4O2/c1-11-4-3-5-13(6-11)18-16(22)12-7-15(21)20(9-12)14-8-17-19(2)10-14/h3-6,8,10,12H,7,9H2,1-2H3,(H,18,22)/t12-/m1/s1. The molecule has 22 heavy (non-hydrogen) atoms. The number of benzene rings is 1. The highest BCUT2D eigenvalue weighted by molar-refractivity contribution is 6.03. The van der Waals surface area contributed by atoms with E-state index in [4.69, 9.17) is 0 Å². The Kier molecular flexibility index (Phi) is 3.66. The third kappa shape index (κ3) is 2.86. The first-order valence-corrected chi connectivity index (χ1v) is 7.19. The molecule has 6 nitrogen and oxygen atoms in total. The van der Waals surface area contributed by atoms with Crippen LogP contribution in [0.4, 0.5) is 11.4 Å². The molecule has 1 aliphatic heterocycles. The largest absolute Gasteiger partial charge is 0.326 e. The second-order valence-corrected chi connectivity index (χ2v) is 5.64. The Hall–Kier alpha value is -2.63. The summed E-state index contributed by atoms with van der Waals surface area (Å²) in [5, 5.41) is 6.95. The van der Waals surface area contributed by atoms with Gasteiger partial charge in [-0.1, -0.05) is 12.1 Å². The van der Waals surface area contributed by atoms with Crippen molar-refractivity contribution >= 4 is 23.2 Å². The summed E-state index contributed by atoms with van der Waals surface area (Å²) in [4.78, 5) is 26.1. The zero-order valence-corrected chi connectivity index (χ0v) is 12.6. The van der Waals surface area contributed by atoms with Crippen molar-refractivity contribution < 1.29 is 9.59 Å². The Morgan fingerprint density at radius 3 is 2.91 bits per heavy atom. The summed E-state index contributed by atoms with van der Waals surface area (Å²) in [5.41, 5.74) is 2.58. The van der Waals surface area contributed by atoms with Crippen LogP contribution in [0.1, 0.15) is 12.0 Å². The lowest BCUT2D eigenvalue weighted by molar-refractivity contribution is -0.122. The van der Waals surface area contributed by atoms with Crippen LogP contribution in [0.15, 0.2) is 36.7 Å². The smallest absolute Gasteiger partial charge is 0.229 e. The van der Waals surface area contributed by atoms with E-state index in [-0.39, 0.29) is 24.2 Å². The molecule has 2 amide bonds. The molecule has 0 saturated carbocycles. The molecule has 0 radical (unpaired) electrons. The maximum absolute atomic E-state index is 12.3. The number of rotatable bonds is 3. The van der Waals surface area contributed by atoms with E-state index in [0.717, 1.165) is 16.9 Å². The molecule has 3 rings (SSSR count). The fourth-order valence-corrected chi connectivity index (χ4v) is 2.65. The Morgan fingerprint density at radius 2 is 2.23 bits per heavy atom. The van der Waals surface area contributed by atoms with Crippen molar-refractivity contribution in [2.45, 2.75) is 13.3 Å². The first kappa shape index (κ1) is 14.3. The average Bonchev–Trinajstić information content (AvgIpc) is 3.05. The van der Waals surface area contributed by atoms with Crippen LogP contribution in [-0.2, 0) is 16.6 Å².